The quantitative estimate of drug-likeness (QED) is 0.378. The Labute approximate surface area is 190 Å². The van der Waals surface area contributed by atoms with E-state index < -0.39 is 0 Å². The summed E-state index contributed by atoms with van der Waals surface area (Å²) in [6, 6.07) is 25.4. The van der Waals surface area contributed by atoms with Crippen molar-refractivity contribution < 1.29 is 14.2 Å². The molecule has 0 amide bonds. The molecule has 8 nitrogen and oxygen atoms in total. The highest BCUT2D eigenvalue weighted by atomic mass is 16.5. The van der Waals surface area contributed by atoms with Crippen LogP contribution in [0.15, 0.2) is 78.9 Å². The van der Waals surface area contributed by atoms with E-state index in [9.17, 15) is 0 Å². The molecule has 0 unspecified atom stereocenters. The van der Waals surface area contributed by atoms with Crippen molar-refractivity contribution in [3.63, 3.8) is 0 Å². The van der Waals surface area contributed by atoms with Crippen LogP contribution in [0.2, 0.25) is 0 Å². The van der Waals surface area contributed by atoms with E-state index in [0.717, 1.165) is 33.5 Å². The standard InChI is InChI=1S/C25H21N5O3/c1-31-24-14-19(25-27-29-30-28-25)9-13-23(24)33-15-17-6-11-21(12-7-17)32-16-20-10-8-18-4-2-3-5-22(18)26-20/h2-14H,15-16H2,1H3,(H,27,28,29,30). The lowest BCUT2D eigenvalue weighted by atomic mass is 10.2. The molecule has 2 aromatic heterocycles. The van der Waals surface area contributed by atoms with Crippen molar-refractivity contribution in [1.82, 2.24) is 25.6 Å². The van der Waals surface area contributed by atoms with Gasteiger partial charge in [-0.3, -0.25) is 0 Å². The maximum atomic E-state index is 5.96. The summed E-state index contributed by atoms with van der Waals surface area (Å²) < 4.78 is 17.3. The van der Waals surface area contributed by atoms with Gasteiger partial charge in [-0.15, -0.1) is 5.10 Å². The number of pyridine rings is 1. The van der Waals surface area contributed by atoms with Crippen LogP contribution < -0.4 is 14.2 Å². The summed E-state index contributed by atoms with van der Waals surface area (Å²) in [4.78, 5) is 4.64. The summed E-state index contributed by atoms with van der Waals surface area (Å²) in [6.45, 7) is 0.803. The third-order valence-corrected chi connectivity index (χ3v) is 5.14. The first-order chi connectivity index (χ1) is 16.3. The lowest BCUT2D eigenvalue weighted by molar-refractivity contribution is 0.283. The highest BCUT2D eigenvalue weighted by Gasteiger charge is 2.10. The highest BCUT2D eigenvalue weighted by Crippen LogP contribution is 2.31. The number of fused-ring (bicyclic) bond motifs is 1. The average Bonchev–Trinajstić information content (AvgIpc) is 3.42. The SMILES string of the molecule is COc1cc(-c2nnn[nH]2)ccc1OCc1ccc(OCc2ccc3ccccc3n2)cc1. The Morgan fingerprint density at radius 3 is 2.52 bits per heavy atom. The molecule has 0 saturated carbocycles. The van der Waals surface area contributed by atoms with E-state index in [2.05, 4.69) is 31.7 Å². The van der Waals surface area contributed by atoms with Gasteiger partial charge in [-0.25, -0.2) is 10.1 Å². The van der Waals surface area contributed by atoms with Gasteiger partial charge in [0.1, 0.15) is 19.0 Å². The van der Waals surface area contributed by atoms with Crippen LogP contribution in [0.25, 0.3) is 22.3 Å². The van der Waals surface area contributed by atoms with Gasteiger partial charge in [-0.2, -0.15) is 0 Å². The molecule has 5 rings (SSSR count). The van der Waals surface area contributed by atoms with Crippen molar-refractivity contribution in [2.45, 2.75) is 13.2 Å². The van der Waals surface area contributed by atoms with E-state index in [-0.39, 0.29) is 0 Å². The number of ether oxygens (including phenoxy) is 3. The van der Waals surface area contributed by atoms with Gasteiger partial charge in [0.2, 0.25) is 0 Å². The number of aromatic nitrogens is 5. The molecule has 1 N–H and O–H groups in total. The molecule has 0 aliphatic heterocycles. The van der Waals surface area contributed by atoms with Crippen molar-refractivity contribution in [2.75, 3.05) is 7.11 Å². The Bertz CT molecular complexity index is 1350. The van der Waals surface area contributed by atoms with Crippen LogP contribution in [0.5, 0.6) is 17.2 Å². The Kier molecular flexibility index (Phi) is 5.79. The number of hydrogen-bond acceptors (Lipinski definition) is 7. The van der Waals surface area contributed by atoms with Gasteiger partial charge in [-0.1, -0.05) is 36.4 Å². The summed E-state index contributed by atoms with van der Waals surface area (Å²) in [7, 11) is 1.60. The monoisotopic (exact) mass is 439 g/mol. The Morgan fingerprint density at radius 2 is 1.70 bits per heavy atom. The van der Waals surface area contributed by atoms with Crippen LogP contribution in [0, 0.1) is 0 Å². The first kappa shape index (κ1) is 20.4. The van der Waals surface area contributed by atoms with Crippen molar-refractivity contribution in [3.05, 3.63) is 90.1 Å². The van der Waals surface area contributed by atoms with Gasteiger partial charge in [0.05, 0.1) is 18.3 Å². The molecule has 0 spiro atoms. The number of aromatic amines is 1. The molecule has 3 aromatic carbocycles. The fraction of sp³-hybridized carbons (Fsp3) is 0.120. The number of methoxy groups -OCH3 is 1. The Balaban J connectivity index is 1.19. The third-order valence-electron chi connectivity index (χ3n) is 5.14. The number of nitrogens with one attached hydrogen (secondary N) is 1. The number of hydrogen-bond donors (Lipinski definition) is 1. The van der Waals surface area contributed by atoms with Crippen molar-refractivity contribution in [3.8, 4) is 28.6 Å². The Morgan fingerprint density at radius 1 is 0.818 bits per heavy atom. The van der Waals surface area contributed by atoms with Crippen LogP contribution in [-0.4, -0.2) is 32.7 Å². The van der Waals surface area contributed by atoms with Crippen LogP contribution >= 0.6 is 0 Å². The molecule has 2 heterocycles. The lowest BCUT2D eigenvalue weighted by Gasteiger charge is -2.12. The summed E-state index contributed by atoms with van der Waals surface area (Å²) in [5, 5.41) is 15.0. The van der Waals surface area contributed by atoms with E-state index in [4.69, 9.17) is 14.2 Å². The van der Waals surface area contributed by atoms with E-state index in [1.807, 2.05) is 72.8 Å². The molecule has 0 saturated heterocycles. The number of para-hydroxylation sites is 1. The molecular weight excluding hydrogens is 418 g/mol. The molecule has 33 heavy (non-hydrogen) atoms. The minimum absolute atomic E-state index is 0.395. The number of nitrogens with zero attached hydrogens (tertiary/aromatic N) is 4. The minimum atomic E-state index is 0.395. The largest absolute Gasteiger partial charge is 0.493 e. The van der Waals surface area contributed by atoms with Gasteiger partial charge in [0.15, 0.2) is 17.3 Å². The fourth-order valence-corrected chi connectivity index (χ4v) is 3.40. The smallest absolute Gasteiger partial charge is 0.179 e. The molecule has 0 atom stereocenters. The van der Waals surface area contributed by atoms with Gasteiger partial charge < -0.3 is 14.2 Å². The van der Waals surface area contributed by atoms with Crippen molar-refractivity contribution >= 4 is 10.9 Å². The topological polar surface area (TPSA) is 95.0 Å². The molecule has 8 heteroatoms. The van der Waals surface area contributed by atoms with Gasteiger partial charge >= 0.3 is 0 Å². The maximum Gasteiger partial charge on any atom is 0.179 e. The van der Waals surface area contributed by atoms with E-state index >= 15 is 0 Å². The van der Waals surface area contributed by atoms with Crippen LogP contribution in [-0.2, 0) is 13.2 Å². The van der Waals surface area contributed by atoms with Gasteiger partial charge in [-0.05, 0) is 58.5 Å². The predicted octanol–water partition coefficient (Wildman–Crippen LogP) is 4.58. The average molecular weight is 439 g/mol. The third kappa shape index (κ3) is 4.74. The van der Waals surface area contributed by atoms with Crippen LogP contribution in [0.1, 0.15) is 11.3 Å². The summed E-state index contributed by atoms with van der Waals surface area (Å²) in [6.07, 6.45) is 0. The second-order valence-corrected chi connectivity index (χ2v) is 7.33. The maximum absolute atomic E-state index is 5.96. The zero-order valence-electron chi connectivity index (χ0n) is 17.9. The molecule has 0 bridgehead atoms. The molecule has 5 aromatic rings. The zero-order chi connectivity index (χ0) is 22.5. The summed E-state index contributed by atoms with van der Waals surface area (Å²) in [5.74, 6) is 2.58. The Hall–Kier alpha value is -4.46. The number of rotatable bonds is 8. The minimum Gasteiger partial charge on any atom is -0.493 e. The molecular formula is C25H21N5O3. The van der Waals surface area contributed by atoms with E-state index in [1.165, 1.54) is 0 Å². The molecule has 0 aliphatic rings. The van der Waals surface area contributed by atoms with Gasteiger partial charge in [0, 0.05) is 10.9 Å². The van der Waals surface area contributed by atoms with Crippen LogP contribution in [0.3, 0.4) is 0 Å². The fourth-order valence-electron chi connectivity index (χ4n) is 3.40. The number of benzene rings is 3. The van der Waals surface area contributed by atoms with Gasteiger partial charge in [0.25, 0.3) is 0 Å². The van der Waals surface area contributed by atoms with Crippen LogP contribution in [0.4, 0.5) is 0 Å². The number of H-pyrrole nitrogens is 1. The second kappa shape index (κ2) is 9.35. The molecule has 0 fully saturated rings. The number of tetrazole rings is 1. The lowest BCUT2D eigenvalue weighted by Crippen LogP contribution is -2.00. The van der Waals surface area contributed by atoms with Crippen molar-refractivity contribution in [1.29, 1.82) is 0 Å². The molecule has 0 radical (unpaired) electrons. The second-order valence-electron chi connectivity index (χ2n) is 7.33. The summed E-state index contributed by atoms with van der Waals surface area (Å²) in [5.41, 5.74) is 3.67. The normalized spacial score (nSPS) is 10.8. The zero-order valence-corrected chi connectivity index (χ0v) is 17.9. The molecule has 164 valence electrons. The highest BCUT2D eigenvalue weighted by molar-refractivity contribution is 5.78. The first-order valence-electron chi connectivity index (χ1n) is 10.4. The first-order valence-corrected chi connectivity index (χ1v) is 10.4. The van der Waals surface area contributed by atoms with E-state index in [0.29, 0.717) is 30.5 Å². The summed E-state index contributed by atoms with van der Waals surface area (Å²) >= 11 is 0. The van der Waals surface area contributed by atoms with E-state index in [1.54, 1.807) is 7.11 Å². The molecule has 0 aliphatic carbocycles. The van der Waals surface area contributed by atoms with Crippen molar-refractivity contribution in [2.24, 2.45) is 0 Å². The predicted molar refractivity (Wildman–Crippen MR) is 123 cm³/mol.